The van der Waals surface area contributed by atoms with Gasteiger partial charge in [-0.15, -0.1) is 0 Å². The van der Waals surface area contributed by atoms with Crippen molar-refractivity contribution in [2.75, 3.05) is 25.0 Å². The van der Waals surface area contributed by atoms with Gasteiger partial charge in [-0.3, -0.25) is 0 Å². The van der Waals surface area contributed by atoms with Crippen molar-refractivity contribution < 1.29 is 0 Å². The van der Waals surface area contributed by atoms with Gasteiger partial charge >= 0.3 is 0 Å². The van der Waals surface area contributed by atoms with Crippen molar-refractivity contribution in [2.24, 2.45) is 0 Å². The highest BCUT2D eigenvalue weighted by molar-refractivity contribution is 5.70. The predicted molar refractivity (Wildman–Crippen MR) is 111 cm³/mol. The first kappa shape index (κ1) is 16.9. The summed E-state index contributed by atoms with van der Waals surface area (Å²) in [4.78, 5) is 2.28. The van der Waals surface area contributed by atoms with Gasteiger partial charge in [0, 0.05) is 25.0 Å². The number of hydrogen-bond donors (Lipinski definition) is 1. The zero-order valence-electron chi connectivity index (χ0n) is 15.6. The van der Waals surface area contributed by atoms with Gasteiger partial charge in [0.1, 0.15) is 0 Å². The maximum absolute atomic E-state index is 3.53. The van der Waals surface area contributed by atoms with Gasteiger partial charge in [-0.2, -0.15) is 0 Å². The molecule has 1 aliphatic rings. The van der Waals surface area contributed by atoms with Crippen LogP contribution in [-0.4, -0.2) is 20.1 Å². The second-order valence-corrected chi connectivity index (χ2v) is 7.21. The standard InChI is InChI=1S/C24H26N2/c1-18-17-25-15-14-21-10-13-23(16-24(18)21)26(2)22-11-8-20(9-12-22)19-6-4-3-5-7-19/h3-13,16,18,25H,14-15,17H2,1-2H3/t18-/m1/s1. The third-order valence-electron chi connectivity index (χ3n) is 5.43. The molecule has 0 fully saturated rings. The van der Waals surface area contributed by atoms with Crippen molar-refractivity contribution in [3.05, 3.63) is 83.9 Å². The highest BCUT2D eigenvalue weighted by Gasteiger charge is 2.16. The highest BCUT2D eigenvalue weighted by atomic mass is 15.1. The van der Waals surface area contributed by atoms with E-state index in [1.54, 1.807) is 0 Å². The number of anilines is 2. The molecule has 2 heteroatoms. The molecule has 0 amide bonds. The van der Waals surface area contributed by atoms with Gasteiger partial charge in [0.15, 0.2) is 0 Å². The predicted octanol–water partition coefficient (Wildman–Crippen LogP) is 5.37. The lowest BCUT2D eigenvalue weighted by molar-refractivity contribution is 0.644. The Labute approximate surface area is 156 Å². The Kier molecular flexibility index (Phi) is 4.77. The Morgan fingerprint density at radius 3 is 2.31 bits per heavy atom. The van der Waals surface area contributed by atoms with Crippen LogP contribution in [0.2, 0.25) is 0 Å². The molecule has 1 aliphatic heterocycles. The fraction of sp³-hybridized carbons (Fsp3) is 0.250. The molecule has 4 rings (SSSR count). The molecular formula is C24H26N2. The van der Waals surface area contributed by atoms with Crippen molar-refractivity contribution in [3.8, 4) is 11.1 Å². The molecule has 2 nitrogen and oxygen atoms in total. The van der Waals surface area contributed by atoms with Crippen LogP contribution in [0.3, 0.4) is 0 Å². The lowest BCUT2D eigenvalue weighted by Crippen LogP contribution is -2.18. The summed E-state index contributed by atoms with van der Waals surface area (Å²) in [5.74, 6) is 0.557. The Morgan fingerprint density at radius 2 is 1.54 bits per heavy atom. The topological polar surface area (TPSA) is 15.3 Å². The second kappa shape index (κ2) is 7.35. The average Bonchev–Trinajstić information content (AvgIpc) is 2.89. The summed E-state index contributed by atoms with van der Waals surface area (Å²) < 4.78 is 0. The van der Waals surface area contributed by atoms with Gasteiger partial charge in [0.25, 0.3) is 0 Å². The minimum Gasteiger partial charge on any atom is -0.345 e. The average molecular weight is 342 g/mol. The van der Waals surface area contributed by atoms with E-state index in [1.807, 2.05) is 0 Å². The smallest absolute Gasteiger partial charge is 0.0411 e. The molecule has 3 aromatic rings. The lowest BCUT2D eigenvalue weighted by Gasteiger charge is -2.23. The van der Waals surface area contributed by atoms with Crippen LogP contribution >= 0.6 is 0 Å². The third kappa shape index (κ3) is 3.38. The zero-order valence-corrected chi connectivity index (χ0v) is 15.6. The van der Waals surface area contributed by atoms with E-state index in [4.69, 9.17) is 0 Å². The minimum atomic E-state index is 0.557. The number of fused-ring (bicyclic) bond motifs is 1. The highest BCUT2D eigenvalue weighted by Crippen LogP contribution is 2.31. The number of benzene rings is 3. The summed E-state index contributed by atoms with van der Waals surface area (Å²) in [6.45, 7) is 4.45. The van der Waals surface area contributed by atoms with Gasteiger partial charge < -0.3 is 10.2 Å². The Hall–Kier alpha value is -2.58. The van der Waals surface area contributed by atoms with Crippen molar-refractivity contribution in [1.82, 2.24) is 5.32 Å². The molecule has 0 saturated carbocycles. The number of nitrogens with zero attached hydrogens (tertiary/aromatic N) is 1. The van der Waals surface area contributed by atoms with E-state index >= 15 is 0 Å². The first-order valence-electron chi connectivity index (χ1n) is 9.45. The molecule has 0 aromatic heterocycles. The lowest BCUT2D eigenvalue weighted by atomic mass is 9.94. The Balaban J connectivity index is 1.61. The van der Waals surface area contributed by atoms with E-state index in [-0.39, 0.29) is 0 Å². The number of hydrogen-bond acceptors (Lipinski definition) is 2. The van der Waals surface area contributed by atoms with Crippen LogP contribution in [0.25, 0.3) is 11.1 Å². The summed E-state index contributed by atoms with van der Waals surface area (Å²) in [5, 5.41) is 3.53. The molecule has 26 heavy (non-hydrogen) atoms. The molecule has 0 unspecified atom stereocenters. The SMILES string of the molecule is C[C@@H]1CNCCc2ccc(N(C)c3ccc(-c4ccccc4)cc3)cc21. The van der Waals surface area contributed by atoms with Crippen LogP contribution in [0.1, 0.15) is 24.0 Å². The van der Waals surface area contributed by atoms with Crippen molar-refractivity contribution in [2.45, 2.75) is 19.3 Å². The van der Waals surface area contributed by atoms with Gasteiger partial charge in [-0.25, -0.2) is 0 Å². The van der Waals surface area contributed by atoms with Crippen molar-refractivity contribution in [3.63, 3.8) is 0 Å². The molecular weight excluding hydrogens is 316 g/mol. The molecule has 0 bridgehead atoms. The maximum Gasteiger partial charge on any atom is 0.0411 e. The van der Waals surface area contributed by atoms with Gasteiger partial charge in [-0.1, -0.05) is 55.5 Å². The third-order valence-corrected chi connectivity index (χ3v) is 5.43. The largest absolute Gasteiger partial charge is 0.345 e. The Bertz CT molecular complexity index is 868. The fourth-order valence-corrected chi connectivity index (χ4v) is 3.79. The van der Waals surface area contributed by atoms with Crippen LogP contribution in [0.15, 0.2) is 72.8 Å². The van der Waals surface area contributed by atoms with Crippen LogP contribution in [-0.2, 0) is 6.42 Å². The quantitative estimate of drug-likeness (QED) is 0.688. The van der Waals surface area contributed by atoms with E-state index in [1.165, 1.54) is 33.6 Å². The summed E-state index contributed by atoms with van der Waals surface area (Å²) in [7, 11) is 2.15. The maximum atomic E-state index is 3.53. The molecule has 0 spiro atoms. The molecule has 132 valence electrons. The van der Waals surface area contributed by atoms with E-state index in [2.05, 4.69) is 97.0 Å². The van der Waals surface area contributed by atoms with E-state index in [0.29, 0.717) is 5.92 Å². The molecule has 0 aliphatic carbocycles. The molecule has 3 aromatic carbocycles. The molecule has 0 radical (unpaired) electrons. The summed E-state index contributed by atoms with van der Waals surface area (Å²) in [5.41, 5.74) is 7.95. The van der Waals surface area contributed by atoms with Gasteiger partial charge in [0.2, 0.25) is 0 Å². The molecule has 0 saturated heterocycles. The van der Waals surface area contributed by atoms with Crippen LogP contribution in [0.4, 0.5) is 11.4 Å². The molecule has 1 atom stereocenters. The molecule has 1 heterocycles. The fourth-order valence-electron chi connectivity index (χ4n) is 3.79. The van der Waals surface area contributed by atoms with Gasteiger partial charge in [-0.05, 0) is 65.4 Å². The van der Waals surface area contributed by atoms with E-state index < -0.39 is 0 Å². The summed E-state index contributed by atoms with van der Waals surface area (Å²) in [6.07, 6.45) is 1.12. The molecule has 1 N–H and O–H groups in total. The Morgan fingerprint density at radius 1 is 0.846 bits per heavy atom. The first-order chi connectivity index (χ1) is 12.7. The van der Waals surface area contributed by atoms with Gasteiger partial charge in [0.05, 0.1) is 0 Å². The van der Waals surface area contributed by atoms with Crippen LogP contribution in [0.5, 0.6) is 0 Å². The minimum absolute atomic E-state index is 0.557. The van der Waals surface area contributed by atoms with E-state index in [0.717, 1.165) is 19.5 Å². The van der Waals surface area contributed by atoms with Crippen molar-refractivity contribution >= 4 is 11.4 Å². The van der Waals surface area contributed by atoms with E-state index in [9.17, 15) is 0 Å². The summed E-state index contributed by atoms with van der Waals surface area (Å²) >= 11 is 0. The first-order valence-corrected chi connectivity index (χ1v) is 9.45. The van der Waals surface area contributed by atoms with Crippen molar-refractivity contribution in [1.29, 1.82) is 0 Å². The van der Waals surface area contributed by atoms with Crippen LogP contribution < -0.4 is 10.2 Å². The second-order valence-electron chi connectivity index (χ2n) is 7.21. The normalized spacial score (nSPS) is 16.6. The monoisotopic (exact) mass is 342 g/mol. The zero-order chi connectivity index (χ0) is 17.9. The number of rotatable bonds is 3. The number of nitrogens with one attached hydrogen (secondary N) is 1. The summed E-state index contributed by atoms with van der Waals surface area (Å²) in [6, 6.07) is 26.3. The van der Waals surface area contributed by atoms with Crippen LogP contribution in [0, 0.1) is 0 Å².